The molecule has 0 amide bonds. The van der Waals surface area contributed by atoms with Gasteiger partial charge in [-0.05, 0) is 47.4 Å². The highest BCUT2D eigenvalue weighted by Gasteiger charge is 2.26. The van der Waals surface area contributed by atoms with E-state index >= 15 is 0 Å². The number of furan rings is 1. The molecule has 1 atom stereocenters. The number of nitrogens with zero attached hydrogens (tertiary/aromatic N) is 8. The van der Waals surface area contributed by atoms with Gasteiger partial charge in [-0.3, -0.25) is 9.58 Å². The van der Waals surface area contributed by atoms with E-state index < -0.39 is 0 Å². The minimum absolute atomic E-state index is 0.216. The van der Waals surface area contributed by atoms with Crippen molar-refractivity contribution in [3.63, 3.8) is 0 Å². The Morgan fingerprint density at radius 1 is 1.30 bits per heavy atom. The van der Waals surface area contributed by atoms with Crippen LogP contribution in [0.3, 0.4) is 0 Å². The highest BCUT2D eigenvalue weighted by Crippen LogP contribution is 2.24. The van der Waals surface area contributed by atoms with E-state index in [9.17, 15) is 0 Å². The van der Waals surface area contributed by atoms with Gasteiger partial charge in [0.2, 0.25) is 17.7 Å². The van der Waals surface area contributed by atoms with Crippen LogP contribution in [0.15, 0.2) is 33.5 Å². The number of hydrogen-bond acceptors (Lipinski definition) is 9. The minimum atomic E-state index is 0.216. The van der Waals surface area contributed by atoms with Gasteiger partial charge in [0, 0.05) is 32.4 Å². The molecule has 4 aromatic rings. The van der Waals surface area contributed by atoms with Crippen molar-refractivity contribution in [1.29, 1.82) is 0 Å². The van der Waals surface area contributed by atoms with Gasteiger partial charge in [-0.2, -0.15) is 24.6 Å². The number of likely N-dealkylation sites (tertiary alicyclic amines) is 1. The molecule has 1 unspecified atom stereocenters. The van der Waals surface area contributed by atoms with E-state index in [1.54, 1.807) is 18.4 Å². The van der Waals surface area contributed by atoms with Gasteiger partial charge in [0.05, 0.1) is 16.4 Å². The molecule has 156 valence electrons. The van der Waals surface area contributed by atoms with Crippen molar-refractivity contribution < 1.29 is 4.42 Å². The third kappa shape index (κ3) is 3.63. The molecule has 1 fully saturated rings. The first-order valence-electron chi connectivity index (χ1n) is 9.67. The Morgan fingerprint density at radius 3 is 2.97 bits per heavy atom. The second kappa shape index (κ2) is 7.69. The van der Waals surface area contributed by atoms with E-state index in [-0.39, 0.29) is 5.95 Å². The first-order valence-corrected chi connectivity index (χ1v) is 10.5. The molecule has 0 aliphatic carbocycles. The highest BCUT2D eigenvalue weighted by atomic mass is 79.9. The van der Waals surface area contributed by atoms with Gasteiger partial charge in [-0.15, -0.1) is 5.10 Å². The Morgan fingerprint density at radius 2 is 2.20 bits per heavy atom. The van der Waals surface area contributed by atoms with Gasteiger partial charge in [-0.1, -0.05) is 0 Å². The number of halogens is 1. The highest BCUT2D eigenvalue weighted by molar-refractivity contribution is 9.10. The van der Waals surface area contributed by atoms with Gasteiger partial charge in [-0.25, -0.2) is 0 Å². The van der Waals surface area contributed by atoms with Crippen LogP contribution < -0.4 is 11.1 Å². The molecule has 1 aliphatic heterocycles. The Hall–Kier alpha value is -2.99. The number of fused-ring (bicyclic) bond motifs is 1. The Bertz CT molecular complexity index is 1170. The van der Waals surface area contributed by atoms with Gasteiger partial charge >= 0.3 is 0 Å². The van der Waals surface area contributed by atoms with Crippen LogP contribution in [0.1, 0.15) is 18.5 Å². The van der Waals surface area contributed by atoms with E-state index in [0.717, 1.165) is 36.1 Å². The van der Waals surface area contributed by atoms with E-state index in [0.29, 0.717) is 35.9 Å². The molecule has 1 saturated heterocycles. The van der Waals surface area contributed by atoms with Gasteiger partial charge < -0.3 is 15.5 Å². The first-order chi connectivity index (χ1) is 14.6. The van der Waals surface area contributed by atoms with E-state index in [1.807, 2.05) is 17.9 Å². The van der Waals surface area contributed by atoms with Crippen molar-refractivity contribution in [3.05, 3.63) is 34.8 Å². The quantitative estimate of drug-likeness (QED) is 0.432. The van der Waals surface area contributed by atoms with E-state index in [4.69, 9.17) is 10.2 Å². The van der Waals surface area contributed by atoms with Crippen LogP contribution in [-0.4, -0.2) is 58.4 Å². The van der Waals surface area contributed by atoms with Crippen LogP contribution >= 0.6 is 15.9 Å². The molecule has 1 aliphatic rings. The van der Waals surface area contributed by atoms with Crippen molar-refractivity contribution in [3.8, 4) is 11.6 Å². The maximum Gasteiger partial charge on any atom is 0.259 e. The van der Waals surface area contributed by atoms with Gasteiger partial charge in [0.15, 0.2) is 5.76 Å². The molecule has 12 heteroatoms. The number of aromatic nitrogens is 7. The molecular formula is C18H21BrN10O. The fourth-order valence-electron chi connectivity index (χ4n) is 3.74. The molecule has 0 saturated carbocycles. The maximum atomic E-state index is 6.07. The lowest BCUT2D eigenvalue weighted by atomic mass is 10.2. The lowest BCUT2D eigenvalue weighted by Crippen LogP contribution is -2.35. The molecule has 4 aromatic heterocycles. The van der Waals surface area contributed by atoms with Crippen molar-refractivity contribution in [1.82, 2.24) is 39.2 Å². The van der Waals surface area contributed by atoms with Crippen molar-refractivity contribution in [2.24, 2.45) is 7.05 Å². The number of hydrogen-bond donors (Lipinski definition) is 2. The zero-order chi connectivity index (χ0) is 20.7. The van der Waals surface area contributed by atoms with Crippen LogP contribution in [0.5, 0.6) is 0 Å². The summed E-state index contributed by atoms with van der Waals surface area (Å²) in [6.45, 7) is 2.54. The molecule has 0 bridgehead atoms. The number of nitrogen functional groups attached to an aromatic ring is 1. The molecule has 5 heterocycles. The first kappa shape index (κ1) is 19.0. The fraction of sp³-hybridized carbons (Fsp3) is 0.389. The standard InChI is InChI=1S/C18H21BrN10O/c1-27-9-12(19)13(25-27)10-28-6-2-4-11(28)8-21-17-23-16(20)29-18(24-17)22-15(26-29)14-5-3-7-30-14/h3,5,7,9,11H,2,4,6,8,10H2,1H3,(H3,20,21,22,23,24,26). The third-order valence-electron chi connectivity index (χ3n) is 5.18. The largest absolute Gasteiger partial charge is 0.461 e. The molecule has 3 N–H and O–H groups in total. The van der Waals surface area contributed by atoms with Crippen LogP contribution in [0.2, 0.25) is 0 Å². The average molecular weight is 473 g/mol. The van der Waals surface area contributed by atoms with Crippen molar-refractivity contribution in [2.45, 2.75) is 25.4 Å². The molecule has 30 heavy (non-hydrogen) atoms. The average Bonchev–Trinajstić information content (AvgIpc) is 3.48. The molecule has 5 rings (SSSR count). The Kier molecular flexibility index (Phi) is 4.87. The smallest absolute Gasteiger partial charge is 0.259 e. The fourth-order valence-corrected chi connectivity index (χ4v) is 4.24. The summed E-state index contributed by atoms with van der Waals surface area (Å²) in [6, 6.07) is 3.92. The zero-order valence-corrected chi connectivity index (χ0v) is 17.9. The number of nitrogens with two attached hydrogens (primary N) is 1. The summed E-state index contributed by atoms with van der Waals surface area (Å²) in [5, 5.41) is 12.2. The number of aryl methyl sites for hydroxylation is 1. The summed E-state index contributed by atoms with van der Waals surface area (Å²) < 4.78 is 9.61. The van der Waals surface area contributed by atoms with Crippen molar-refractivity contribution >= 4 is 33.6 Å². The lowest BCUT2D eigenvalue weighted by Gasteiger charge is -2.24. The number of nitrogens with one attached hydrogen (secondary N) is 1. The molecule has 0 radical (unpaired) electrons. The predicted octanol–water partition coefficient (Wildman–Crippen LogP) is 1.93. The lowest BCUT2D eigenvalue weighted by molar-refractivity contribution is 0.250. The molecule has 11 nitrogen and oxygen atoms in total. The monoisotopic (exact) mass is 472 g/mol. The third-order valence-corrected chi connectivity index (χ3v) is 5.84. The van der Waals surface area contributed by atoms with Crippen LogP contribution in [0, 0.1) is 0 Å². The Labute approximate surface area is 180 Å². The van der Waals surface area contributed by atoms with E-state index in [2.05, 4.69) is 51.3 Å². The van der Waals surface area contributed by atoms with Crippen LogP contribution in [0.25, 0.3) is 17.4 Å². The summed E-state index contributed by atoms with van der Waals surface area (Å²) in [6.07, 6.45) is 5.79. The second-order valence-electron chi connectivity index (χ2n) is 7.27. The minimum Gasteiger partial charge on any atom is -0.461 e. The normalized spacial score (nSPS) is 17.2. The van der Waals surface area contributed by atoms with E-state index in [1.165, 1.54) is 4.52 Å². The number of rotatable bonds is 6. The Balaban J connectivity index is 1.30. The maximum absolute atomic E-state index is 6.07. The molecule has 0 aromatic carbocycles. The number of anilines is 2. The zero-order valence-electron chi connectivity index (χ0n) is 16.4. The molecule has 0 spiro atoms. The van der Waals surface area contributed by atoms with Crippen LogP contribution in [0.4, 0.5) is 11.9 Å². The predicted molar refractivity (Wildman–Crippen MR) is 114 cm³/mol. The van der Waals surface area contributed by atoms with Crippen molar-refractivity contribution in [2.75, 3.05) is 24.1 Å². The summed E-state index contributed by atoms with van der Waals surface area (Å²) in [5.74, 6) is 1.99. The SMILES string of the molecule is Cn1cc(Br)c(CN2CCCC2CNc2nc(N)n3nc(-c4ccco4)nc3n2)n1. The summed E-state index contributed by atoms with van der Waals surface area (Å²) in [7, 11) is 1.93. The summed E-state index contributed by atoms with van der Waals surface area (Å²) in [5.41, 5.74) is 7.11. The van der Waals surface area contributed by atoms with Gasteiger partial charge in [0.25, 0.3) is 5.78 Å². The van der Waals surface area contributed by atoms with Gasteiger partial charge in [0.1, 0.15) is 0 Å². The summed E-state index contributed by atoms with van der Waals surface area (Å²) in [4.78, 5) is 15.6. The second-order valence-corrected chi connectivity index (χ2v) is 8.13. The summed E-state index contributed by atoms with van der Waals surface area (Å²) >= 11 is 3.59. The molecular weight excluding hydrogens is 452 g/mol. The topological polar surface area (TPSA) is 128 Å². The van der Waals surface area contributed by atoms with Crippen LogP contribution in [-0.2, 0) is 13.6 Å².